The Balaban J connectivity index is 1.67. The van der Waals surface area contributed by atoms with Crippen LogP contribution in [0.1, 0.15) is 69.2 Å². The molecule has 1 unspecified atom stereocenters. The van der Waals surface area contributed by atoms with Crippen LogP contribution in [0.2, 0.25) is 0 Å². The number of aromatic nitrogens is 3. The predicted octanol–water partition coefficient (Wildman–Crippen LogP) is 6.89. The van der Waals surface area contributed by atoms with Gasteiger partial charge in [0.1, 0.15) is 11.8 Å². The first-order valence-corrected chi connectivity index (χ1v) is 14.1. The molecule has 1 aliphatic heterocycles. The molecule has 37 heavy (non-hydrogen) atoms. The molecule has 1 amide bonds. The zero-order chi connectivity index (χ0) is 26.4. The molecule has 1 aliphatic rings. The SMILES string of the molecule is CCCCCOc1ccc(C2C(C(=O)Nc3cccc(C)c3C)=C(C)Nc3nc(SCCC)nn32)cc1. The van der Waals surface area contributed by atoms with E-state index in [0.29, 0.717) is 23.3 Å². The van der Waals surface area contributed by atoms with E-state index >= 15 is 0 Å². The summed E-state index contributed by atoms with van der Waals surface area (Å²) in [5.41, 5.74) is 5.32. The number of nitrogens with zero attached hydrogens (tertiary/aromatic N) is 3. The number of nitrogens with one attached hydrogen (secondary N) is 2. The Hall–Kier alpha value is -3.26. The molecule has 1 aromatic heterocycles. The van der Waals surface area contributed by atoms with Gasteiger partial charge in [0.05, 0.1) is 12.2 Å². The van der Waals surface area contributed by atoms with Gasteiger partial charge in [0.15, 0.2) is 0 Å². The number of hydrogen-bond donors (Lipinski definition) is 2. The van der Waals surface area contributed by atoms with Crippen LogP contribution in [-0.4, -0.2) is 33.0 Å². The van der Waals surface area contributed by atoms with Gasteiger partial charge in [-0.25, -0.2) is 4.68 Å². The standard InChI is InChI=1S/C29H37N5O2S/c1-6-8-9-17-36-23-15-13-22(14-16-23)26-25(27(35)31-24-12-10-11-19(3)20(24)4)21(5)30-28-32-29(33-34(26)28)37-18-7-2/h10-16,26H,6-9,17-18H2,1-5H3,(H,31,35)(H,30,32,33). The third-order valence-corrected chi connectivity index (χ3v) is 7.62. The maximum absolute atomic E-state index is 13.8. The first-order chi connectivity index (χ1) is 17.9. The van der Waals surface area contributed by atoms with Gasteiger partial charge in [0.25, 0.3) is 5.91 Å². The lowest BCUT2D eigenvalue weighted by Crippen LogP contribution is -2.31. The number of aryl methyl sites for hydroxylation is 1. The second-order valence-electron chi connectivity index (χ2n) is 9.40. The van der Waals surface area contributed by atoms with E-state index in [-0.39, 0.29) is 5.91 Å². The molecule has 0 spiro atoms. The molecule has 0 radical (unpaired) electrons. The van der Waals surface area contributed by atoms with Gasteiger partial charge in [-0.3, -0.25) is 4.79 Å². The highest BCUT2D eigenvalue weighted by Crippen LogP contribution is 2.37. The minimum atomic E-state index is -0.418. The molecule has 0 saturated heterocycles. The summed E-state index contributed by atoms with van der Waals surface area (Å²) >= 11 is 1.62. The number of rotatable bonds is 11. The third kappa shape index (κ3) is 6.18. The topological polar surface area (TPSA) is 81.1 Å². The highest BCUT2D eigenvalue weighted by molar-refractivity contribution is 7.99. The Morgan fingerprint density at radius 3 is 2.59 bits per heavy atom. The van der Waals surface area contributed by atoms with Crippen LogP contribution in [0, 0.1) is 13.8 Å². The van der Waals surface area contributed by atoms with Crippen molar-refractivity contribution in [2.75, 3.05) is 23.0 Å². The number of anilines is 2. The third-order valence-electron chi connectivity index (χ3n) is 6.58. The fourth-order valence-electron chi connectivity index (χ4n) is 4.35. The number of hydrogen-bond acceptors (Lipinski definition) is 6. The number of unbranched alkanes of at least 4 members (excludes halogenated alkanes) is 2. The summed E-state index contributed by atoms with van der Waals surface area (Å²) in [4.78, 5) is 18.5. The molecular weight excluding hydrogens is 482 g/mol. The summed E-state index contributed by atoms with van der Waals surface area (Å²) < 4.78 is 7.76. The predicted molar refractivity (Wildman–Crippen MR) is 152 cm³/mol. The van der Waals surface area contributed by atoms with Crippen LogP contribution in [0.25, 0.3) is 0 Å². The van der Waals surface area contributed by atoms with Gasteiger partial charge in [-0.05, 0) is 68.5 Å². The molecule has 0 fully saturated rings. The summed E-state index contributed by atoms with van der Waals surface area (Å²) in [5, 5.41) is 12.0. The number of thioether (sulfide) groups is 1. The molecular formula is C29H37N5O2S. The zero-order valence-electron chi connectivity index (χ0n) is 22.4. The average Bonchev–Trinajstić information content (AvgIpc) is 3.30. The van der Waals surface area contributed by atoms with Crippen LogP contribution >= 0.6 is 11.8 Å². The molecule has 2 aromatic carbocycles. The van der Waals surface area contributed by atoms with Gasteiger partial charge in [-0.15, -0.1) is 5.10 Å². The number of amides is 1. The molecule has 4 rings (SSSR count). The molecule has 2 heterocycles. The molecule has 0 saturated carbocycles. The quantitative estimate of drug-likeness (QED) is 0.212. The van der Waals surface area contributed by atoms with Crippen LogP contribution in [0.5, 0.6) is 5.75 Å². The summed E-state index contributed by atoms with van der Waals surface area (Å²) in [6.07, 6.45) is 4.39. The number of allylic oxidation sites excluding steroid dienone is 1. The molecule has 0 aliphatic carbocycles. The van der Waals surface area contributed by atoms with E-state index in [4.69, 9.17) is 14.8 Å². The van der Waals surface area contributed by atoms with Crippen LogP contribution in [-0.2, 0) is 4.79 Å². The van der Waals surface area contributed by atoms with Crippen molar-refractivity contribution in [1.29, 1.82) is 0 Å². The van der Waals surface area contributed by atoms with Crippen molar-refractivity contribution in [2.45, 2.75) is 71.5 Å². The summed E-state index contributed by atoms with van der Waals surface area (Å²) in [5.74, 6) is 2.25. The van der Waals surface area contributed by atoms with Gasteiger partial charge < -0.3 is 15.4 Å². The second kappa shape index (κ2) is 12.3. The van der Waals surface area contributed by atoms with E-state index in [1.165, 1.54) is 0 Å². The molecule has 196 valence electrons. The minimum absolute atomic E-state index is 0.160. The lowest BCUT2D eigenvalue weighted by atomic mass is 9.94. The van der Waals surface area contributed by atoms with Crippen molar-refractivity contribution in [2.24, 2.45) is 0 Å². The Bertz CT molecular complexity index is 1270. The number of carbonyl (C=O) groups excluding carboxylic acids is 1. The lowest BCUT2D eigenvalue weighted by Gasteiger charge is -2.29. The van der Waals surface area contributed by atoms with Crippen molar-refractivity contribution < 1.29 is 9.53 Å². The first-order valence-electron chi connectivity index (χ1n) is 13.1. The van der Waals surface area contributed by atoms with E-state index in [1.54, 1.807) is 11.8 Å². The molecule has 7 nitrogen and oxygen atoms in total. The van der Waals surface area contributed by atoms with E-state index in [0.717, 1.165) is 65.3 Å². The number of ether oxygens (including phenoxy) is 1. The van der Waals surface area contributed by atoms with Gasteiger partial charge in [-0.1, -0.05) is 62.7 Å². The first kappa shape index (κ1) is 26.8. The number of benzene rings is 2. The second-order valence-corrected chi connectivity index (χ2v) is 10.5. The van der Waals surface area contributed by atoms with Crippen LogP contribution in [0.3, 0.4) is 0 Å². The molecule has 3 aromatic rings. The van der Waals surface area contributed by atoms with E-state index in [9.17, 15) is 4.79 Å². The summed E-state index contributed by atoms with van der Waals surface area (Å²) in [7, 11) is 0. The largest absolute Gasteiger partial charge is 0.494 e. The average molecular weight is 520 g/mol. The zero-order valence-corrected chi connectivity index (χ0v) is 23.2. The van der Waals surface area contributed by atoms with Crippen LogP contribution in [0.4, 0.5) is 11.6 Å². The van der Waals surface area contributed by atoms with Crippen LogP contribution in [0.15, 0.2) is 58.9 Å². The smallest absolute Gasteiger partial charge is 0.255 e. The van der Waals surface area contributed by atoms with Crippen molar-refractivity contribution >= 4 is 29.3 Å². The monoisotopic (exact) mass is 519 g/mol. The van der Waals surface area contributed by atoms with Crippen LogP contribution < -0.4 is 15.4 Å². The van der Waals surface area contributed by atoms with Crippen molar-refractivity contribution in [3.8, 4) is 5.75 Å². The van der Waals surface area contributed by atoms with Gasteiger partial charge >= 0.3 is 0 Å². The Labute approximate surface area is 224 Å². The maximum atomic E-state index is 13.8. The highest BCUT2D eigenvalue weighted by Gasteiger charge is 2.34. The van der Waals surface area contributed by atoms with Gasteiger partial charge in [0, 0.05) is 17.1 Å². The van der Waals surface area contributed by atoms with E-state index in [2.05, 4.69) is 24.5 Å². The molecule has 8 heteroatoms. The number of carbonyl (C=O) groups is 1. The van der Waals surface area contributed by atoms with Gasteiger partial charge in [-0.2, -0.15) is 4.98 Å². The maximum Gasteiger partial charge on any atom is 0.255 e. The Kier molecular flexibility index (Phi) is 8.92. The lowest BCUT2D eigenvalue weighted by molar-refractivity contribution is -0.113. The molecule has 2 N–H and O–H groups in total. The fraction of sp³-hybridized carbons (Fsp3) is 0.414. The highest BCUT2D eigenvalue weighted by atomic mass is 32.2. The minimum Gasteiger partial charge on any atom is -0.494 e. The summed E-state index contributed by atoms with van der Waals surface area (Å²) in [6.45, 7) is 11.0. The Morgan fingerprint density at radius 1 is 1.08 bits per heavy atom. The Morgan fingerprint density at radius 2 is 1.86 bits per heavy atom. The van der Waals surface area contributed by atoms with Crippen molar-refractivity contribution in [3.63, 3.8) is 0 Å². The van der Waals surface area contributed by atoms with Crippen molar-refractivity contribution in [1.82, 2.24) is 14.8 Å². The van der Waals surface area contributed by atoms with E-state index in [1.807, 2.05) is 67.9 Å². The normalized spacial score (nSPS) is 14.8. The summed E-state index contributed by atoms with van der Waals surface area (Å²) in [6, 6.07) is 13.5. The fourth-order valence-corrected chi connectivity index (χ4v) is 5.04. The molecule has 1 atom stereocenters. The number of fused-ring (bicyclic) bond motifs is 1. The van der Waals surface area contributed by atoms with E-state index < -0.39 is 6.04 Å². The van der Waals surface area contributed by atoms with Crippen molar-refractivity contribution in [3.05, 3.63) is 70.4 Å². The van der Waals surface area contributed by atoms with Gasteiger partial charge in [0.2, 0.25) is 11.1 Å². The molecule has 0 bridgehead atoms.